The molecule has 0 spiro atoms. The van der Waals surface area contributed by atoms with Crippen molar-refractivity contribution in [3.8, 4) is 16.9 Å². The molecule has 1 aliphatic heterocycles. The Labute approximate surface area is 187 Å². The van der Waals surface area contributed by atoms with Gasteiger partial charge < -0.3 is 21.2 Å². The number of aromatic nitrogens is 1. The monoisotopic (exact) mass is 422 g/mol. The van der Waals surface area contributed by atoms with Crippen LogP contribution in [0, 0.1) is 0 Å². The van der Waals surface area contributed by atoms with E-state index in [0.29, 0.717) is 13.0 Å². The van der Waals surface area contributed by atoms with Crippen LogP contribution >= 0.6 is 0 Å². The summed E-state index contributed by atoms with van der Waals surface area (Å²) in [6.07, 6.45) is 7.46. The zero-order valence-corrected chi connectivity index (χ0v) is 17.7. The number of nitrogens with two attached hydrogens (primary N) is 2. The van der Waals surface area contributed by atoms with Crippen LogP contribution in [0.2, 0.25) is 0 Å². The Kier molecular flexibility index (Phi) is 5.35. The highest BCUT2D eigenvalue weighted by molar-refractivity contribution is 5.85. The van der Waals surface area contributed by atoms with Gasteiger partial charge in [-0.05, 0) is 58.0 Å². The van der Waals surface area contributed by atoms with Crippen molar-refractivity contribution in [3.63, 3.8) is 0 Å². The normalized spacial score (nSPS) is 20.0. The lowest BCUT2D eigenvalue weighted by molar-refractivity contribution is 0.299. The molecule has 5 rings (SSSR count). The molecule has 0 amide bonds. The van der Waals surface area contributed by atoms with E-state index in [1.807, 2.05) is 42.6 Å². The molecule has 0 aliphatic carbocycles. The average molecular weight is 423 g/mol. The molecule has 1 aliphatic rings. The fraction of sp³-hybridized carbons (Fsp3) is 0.148. The van der Waals surface area contributed by atoms with Crippen LogP contribution in [-0.4, -0.2) is 22.9 Å². The highest BCUT2D eigenvalue weighted by atomic mass is 16.5. The van der Waals surface area contributed by atoms with Crippen LogP contribution in [0.5, 0.6) is 5.75 Å². The molecule has 1 aromatic heterocycles. The Bertz CT molecular complexity index is 1290. The number of nitrogens with zero attached hydrogens (tertiary/aromatic N) is 1. The van der Waals surface area contributed by atoms with Gasteiger partial charge in [0.2, 0.25) is 0 Å². The molecule has 5 nitrogen and oxygen atoms in total. The second-order valence-electron chi connectivity index (χ2n) is 8.27. The van der Waals surface area contributed by atoms with Gasteiger partial charge in [0, 0.05) is 24.3 Å². The molecule has 0 saturated carbocycles. The summed E-state index contributed by atoms with van der Waals surface area (Å²) in [5.41, 5.74) is 17.6. The molecule has 160 valence electrons. The van der Waals surface area contributed by atoms with E-state index in [4.69, 9.17) is 16.2 Å². The number of ether oxygens (including phenoxy) is 1. The van der Waals surface area contributed by atoms with Crippen LogP contribution in [0.25, 0.3) is 22.0 Å². The summed E-state index contributed by atoms with van der Waals surface area (Å²) in [6.45, 7) is 0.485. The number of benzene rings is 3. The number of dihydropyridines is 1. The van der Waals surface area contributed by atoms with Gasteiger partial charge >= 0.3 is 0 Å². The average Bonchev–Trinajstić information content (AvgIpc) is 3.29. The first-order valence-electron chi connectivity index (χ1n) is 10.7. The summed E-state index contributed by atoms with van der Waals surface area (Å²) >= 11 is 0. The predicted molar refractivity (Wildman–Crippen MR) is 131 cm³/mol. The van der Waals surface area contributed by atoms with Gasteiger partial charge in [-0.1, -0.05) is 54.6 Å². The van der Waals surface area contributed by atoms with Crippen molar-refractivity contribution in [1.82, 2.24) is 4.98 Å². The quantitative estimate of drug-likeness (QED) is 0.425. The van der Waals surface area contributed by atoms with Crippen molar-refractivity contribution < 1.29 is 4.74 Å². The number of H-pyrrole nitrogens is 1. The van der Waals surface area contributed by atoms with E-state index in [-0.39, 0.29) is 0 Å². The van der Waals surface area contributed by atoms with Crippen LogP contribution in [0.1, 0.15) is 11.1 Å². The molecule has 5 heteroatoms. The zero-order chi connectivity index (χ0) is 22.0. The minimum atomic E-state index is -0.776. The third-order valence-electron chi connectivity index (χ3n) is 5.97. The largest absolute Gasteiger partial charge is 0.489 e. The van der Waals surface area contributed by atoms with E-state index in [9.17, 15) is 0 Å². The highest BCUT2D eigenvalue weighted by Gasteiger charge is 2.32. The number of fused-ring (bicyclic) bond motifs is 1. The number of aromatic amines is 1. The van der Waals surface area contributed by atoms with Gasteiger partial charge in [0.25, 0.3) is 0 Å². The Morgan fingerprint density at radius 1 is 0.969 bits per heavy atom. The first kappa shape index (κ1) is 20.2. The van der Waals surface area contributed by atoms with Gasteiger partial charge in [0.1, 0.15) is 18.5 Å². The van der Waals surface area contributed by atoms with Crippen molar-refractivity contribution in [2.45, 2.75) is 24.7 Å². The SMILES string of the molecule is NC1N=CC=CC1(N)Cc1cc(-c2ccc3cc[nH]c3c2)ccc1OCc1ccccc1. The number of allylic oxidation sites excluding steroid dienone is 1. The number of nitrogens with one attached hydrogen (secondary N) is 1. The Balaban J connectivity index is 1.50. The Morgan fingerprint density at radius 2 is 1.78 bits per heavy atom. The molecule has 2 heterocycles. The van der Waals surface area contributed by atoms with Gasteiger partial charge in [-0.25, -0.2) is 0 Å². The maximum Gasteiger partial charge on any atom is 0.123 e. The van der Waals surface area contributed by atoms with E-state index in [1.54, 1.807) is 6.21 Å². The van der Waals surface area contributed by atoms with Crippen LogP contribution in [0.4, 0.5) is 0 Å². The molecule has 0 saturated heterocycles. The Morgan fingerprint density at radius 3 is 2.62 bits per heavy atom. The maximum absolute atomic E-state index is 6.67. The van der Waals surface area contributed by atoms with Crippen molar-refractivity contribution >= 4 is 17.1 Å². The summed E-state index contributed by atoms with van der Waals surface area (Å²) < 4.78 is 6.23. The fourth-order valence-electron chi connectivity index (χ4n) is 4.10. The lowest BCUT2D eigenvalue weighted by Gasteiger charge is -2.32. The van der Waals surface area contributed by atoms with Crippen LogP contribution in [0.3, 0.4) is 0 Å². The van der Waals surface area contributed by atoms with Gasteiger partial charge in [-0.2, -0.15) is 0 Å². The van der Waals surface area contributed by atoms with E-state index in [2.05, 4.69) is 58.5 Å². The second-order valence-corrected chi connectivity index (χ2v) is 8.27. The minimum absolute atomic E-state index is 0.485. The standard InChI is InChI=1S/C27H26N4O/c28-26-27(29,12-4-13-31-26)17-23-15-21(22-8-7-20-11-14-30-24(20)16-22)9-10-25(23)32-18-19-5-2-1-3-6-19/h1-16,26,30H,17-18,28-29H2. The maximum atomic E-state index is 6.67. The summed E-state index contributed by atoms with van der Waals surface area (Å²) in [5, 5.41) is 1.19. The number of hydrogen-bond donors (Lipinski definition) is 3. The fourth-order valence-corrected chi connectivity index (χ4v) is 4.10. The second kappa shape index (κ2) is 8.46. The van der Waals surface area contributed by atoms with Crippen LogP contribution < -0.4 is 16.2 Å². The highest BCUT2D eigenvalue weighted by Crippen LogP contribution is 2.32. The molecule has 4 aromatic rings. The molecule has 0 radical (unpaired) electrons. The summed E-state index contributed by atoms with van der Waals surface area (Å²) in [7, 11) is 0. The van der Waals surface area contributed by atoms with Crippen LogP contribution in [-0.2, 0) is 13.0 Å². The lowest BCUT2D eigenvalue weighted by Crippen LogP contribution is -2.55. The molecular weight excluding hydrogens is 396 g/mol. The molecule has 2 atom stereocenters. The lowest BCUT2D eigenvalue weighted by atomic mass is 9.86. The van der Waals surface area contributed by atoms with E-state index in [0.717, 1.165) is 33.5 Å². The topological polar surface area (TPSA) is 89.4 Å². The van der Waals surface area contributed by atoms with Gasteiger partial charge in [-0.15, -0.1) is 0 Å². The Hall–Kier alpha value is -3.67. The van der Waals surface area contributed by atoms with Crippen molar-refractivity contribution in [2.75, 3.05) is 0 Å². The molecule has 5 N–H and O–H groups in total. The molecule has 3 aromatic carbocycles. The van der Waals surface area contributed by atoms with Gasteiger partial charge in [-0.3, -0.25) is 4.99 Å². The smallest absolute Gasteiger partial charge is 0.123 e. The van der Waals surface area contributed by atoms with Gasteiger partial charge in [0.15, 0.2) is 0 Å². The predicted octanol–water partition coefficient (Wildman–Crippen LogP) is 4.58. The van der Waals surface area contributed by atoms with Crippen molar-refractivity contribution in [1.29, 1.82) is 0 Å². The third-order valence-corrected chi connectivity index (χ3v) is 5.97. The first-order chi connectivity index (χ1) is 15.6. The molecule has 0 fully saturated rings. The summed E-state index contributed by atoms with van der Waals surface area (Å²) in [5.74, 6) is 0.804. The van der Waals surface area contributed by atoms with Crippen molar-refractivity contribution in [2.24, 2.45) is 16.5 Å². The zero-order valence-electron chi connectivity index (χ0n) is 17.7. The van der Waals surface area contributed by atoms with E-state index < -0.39 is 11.7 Å². The van der Waals surface area contributed by atoms with Crippen LogP contribution in [0.15, 0.2) is 96.1 Å². The molecule has 32 heavy (non-hydrogen) atoms. The van der Waals surface area contributed by atoms with E-state index in [1.165, 1.54) is 5.39 Å². The minimum Gasteiger partial charge on any atom is -0.489 e. The first-order valence-corrected chi connectivity index (χ1v) is 10.7. The molecule has 2 unspecified atom stereocenters. The number of aliphatic imine (C=N–C) groups is 1. The molecular formula is C27H26N4O. The number of hydrogen-bond acceptors (Lipinski definition) is 4. The van der Waals surface area contributed by atoms with Gasteiger partial charge in [0.05, 0.1) is 5.54 Å². The summed E-state index contributed by atoms with van der Waals surface area (Å²) in [6, 6.07) is 24.9. The van der Waals surface area contributed by atoms with Crippen molar-refractivity contribution in [3.05, 3.63) is 102 Å². The van der Waals surface area contributed by atoms with E-state index >= 15 is 0 Å². The summed E-state index contributed by atoms with van der Waals surface area (Å²) in [4.78, 5) is 7.59. The number of rotatable bonds is 6. The third kappa shape index (κ3) is 4.08. The molecule has 0 bridgehead atoms.